The largest absolute Gasteiger partial charge is 0.467 e. The lowest BCUT2D eigenvalue weighted by Crippen LogP contribution is -2.26. The van der Waals surface area contributed by atoms with Crippen LogP contribution in [0.5, 0.6) is 0 Å². The summed E-state index contributed by atoms with van der Waals surface area (Å²) in [5, 5.41) is 5.72. The number of hydrogen-bond donors (Lipinski definition) is 2. The minimum atomic E-state index is -0.367. The molecule has 0 fully saturated rings. The van der Waals surface area contributed by atoms with Gasteiger partial charge in [0, 0.05) is 12.7 Å². The summed E-state index contributed by atoms with van der Waals surface area (Å²) in [4.78, 5) is 29.7. The third kappa shape index (κ3) is 4.39. The number of nitrogens with zero attached hydrogens (tertiary/aromatic N) is 2. The summed E-state index contributed by atoms with van der Waals surface area (Å²) in [6.45, 7) is 0.820. The minimum Gasteiger partial charge on any atom is -0.467 e. The van der Waals surface area contributed by atoms with Gasteiger partial charge >= 0.3 is 0 Å². The molecule has 2 N–H and O–H groups in total. The van der Waals surface area contributed by atoms with Gasteiger partial charge in [0.05, 0.1) is 18.3 Å². The predicted octanol–water partition coefficient (Wildman–Crippen LogP) is 3.48. The molecule has 2 amide bonds. The van der Waals surface area contributed by atoms with Crippen LogP contribution < -0.4 is 10.6 Å². The predicted molar refractivity (Wildman–Crippen MR) is 109 cm³/mol. The van der Waals surface area contributed by atoms with Crippen LogP contribution in [0.2, 0.25) is 0 Å². The van der Waals surface area contributed by atoms with Crippen LogP contribution in [0.15, 0.2) is 58.9 Å². The Bertz CT molecular complexity index is 1030. The number of imidazole rings is 1. The second-order valence-corrected chi connectivity index (χ2v) is 7.12. The molecule has 4 rings (SSSR count). The Labute approximate surface area is 168 Å². The molecule has 1 aliphatic rings. The maximum absolute atomic E-state index is 12.7. The molecule has 7 heteroatoms. The highest BCUT2D eigenvalue weighted by atomic mass is 16.3. The Kier molecular flexibility index (Phi) is 5.74. The molecular weight excluding hydrogens is 368 g/mol. The highest BCUT2D eigenvalue weighted by Gasteiger charge is 2.21. The van der Waals surface area contributed by atoms with Crippen molar-refractivity contribution in [2.75, 3.05) is 6.54 Å². The smallest absolute Gasteiger partial charge is 0.288 e. The summed E-state index contributed by atoms with van der Waals surface area (Å²) >= 11 is 0. The highest BCUT2D eigenvalue weighted by molar-refractivity contribution is 6.02. The number of allylic oxidation sites excluding steroid dienone is 1. The van der Waals surface area contributed by atoms with Crippen LogP contribution in [0.1, 0.15) is 59.0 Å². The maximum atomic E-state index is 12.7. The van der Waals surface area contributed by atoms with Crippen molar-refractivity contribution in [1.29, 1.82) is 0 Å². The number of amides is 2. The zero-order valence-corrected chi connectivity index (χ0v) is 16.2. The van der Waals surface area contributed by atoms with E-state index >= 15 is 0 Å². The molecule has 0 aliphatic heterocycles. The molecule has 0 saturated carbocycles. The van der Waals surface area contributed by atoms with Gasteiger partial charge in [-0.25, -0.2) is 4.98 Å². The van der Waals surface area contributed by atoms with E-state index in [1.165, 1.54) is 18.4 Å². The molecule has 7 nitrogen and oxygen atoms in total. The van der Waals surface area contributed by atoms with E-state index in [9.17, 15) is 9.59 Å². The van der Waals surface area contributed by atoms with Crippen molar-refractivity contribution in [2.45, 2.75) is 38.6 Å². The summed E-state index contributed by atoms with van der Waals surface area (Å²) in [6.07, 6.45) is 11.1. The number of nitrogens with one attached hydrogen (secondary N) is 2. The summed E-state index contributed by atoms with van der Waals surface area (Å²) in [6, 6.07) is 8.96. The molecule has 3 aromatic rings. The number of hydrogen-bond acceptors (Lipinski definition) is 4. The Morgan fingerprint density at radius 2 is 2.03 bits per heavy atom. The molecule has 0 radical (unpaired) electrons. The third-order valence-electron chi connectivity index (χ3n) is 5.09. The van der Waals surface area contributed by atoms with Crippen LogP contribution in [0, 0.1) is 0 Å². The standard InChI is InChI=1S/C22H24N4O3/c27-21(23-12-11-16-7-2-1-3-8-16)19-18-10-4-5-13-26(18)20(25-19)22(28)24-15-17-9-6-14-29-17/h4-7,9-10,13-14H,1-3,8,11-12,15H2,(H,23,27)(H,24,28). The second-order valence-electron chi connectivity index (χ2n) is 7.12. The Morgan fingerprint density at radius 1 is 1.10 bits per heavy atom. The lowest BCUT2D eigenvalue weighted by atomic mass is 9.97. The molecule has 0 spiro atoms. The van der Waals surface area contributed by atoms with Gasteiger partial charge in [0.15, 0.2) is 5.69 Å². The van der Waals surface area contributed by atoms with E-state index < -0.39 is 0 Å². The zero-order valence-electron chi connectivity index (χ0n) is 16.2. The van der Waals surface area contributed by atoms with Gasteiger partial charge in [-0.15, -0.1) is 0 Å². The summed E-state index contributed by atoms with van der Waals surface area (Å²) in [5.74, 6) is 0.186. The number of furan rings is 1. The van der Waals surface area contributed by atoms with Crippen LogP contribution in [0.4, 0.5) is 0 Å². The first-order valence-corrected chi connectivity index (χ1v) is 9.96. The van der Waals surface area contributed by atoms with Crippen LogP contribution in [0.3, 0.4) is 0 Å². The number of carbonyl (C=O) groups excluding carboxylic acids is 2. The van der Waals surface area contributed by atoms with Crippen LogP contribution in [-0.2, 0) is 6.54 Å². The Hall–Kier alpha value is -3.35. The number of carbonyl (C=O) groups is 2. The fourth-order valence-electron chi connectivity index (χ4n) is 3.58. The van der Waals surface area contributed by atoms with Gasteiger partial charge in [-0.05, 0) is 56.4 Å². The average molecular weight is 392 g/mol. The van der Waals surface area contributed by atoms with Crippen LogP contribution >= 0.6 is 0 Å². The monoisotopic (exact) mass is 392 g/mol. The molecule has 3 heterocycles. The molecule has 150 valence electrons. The molecular formula is C22H24N4O3. The minimum absolute atomic E-state index is 0.173. The molecule has 0 saturated heterocycles. The zero-order chi connectivity index (χ0) is 20.1. The van der Waals surface area contributed by atoms with Gasteiger partial charge in [0.2, 0.25) is 5.82 Å². The number of pyridine rings is 1. The van der Waals surface area contributed by atoms with E-state index in [0.29, 0.717) is 17.8 Å². The number of fused-ring (bicyclic) bond motifs is 1. The average Bonchev–Trinajstić information content (AvgIpc) is 3.41. The first kappa shape index (κ1) is 19.0. The van der Waals surface area contributed by atoms with Crippen LogP contribution in [-0.4, -0.2) is 27.7 Å². The fraction of sp³-hybridized carbons (Fsp3) is 0.318. The van der Waals surface area contributed by atoms with Crippen LogP contribution in [0.25, 0.3) is 5.52 Å². The second kappa shape index (κ2) is 8.77. The van der Waals surface area contributed by atoms with Crippen molar-refractivity contribution < 1.29 is 14.0 Å². The summed E-state index contributed by atoms with van der Waals surface area (Å²) in [5.41, 5.74) is 2.26. The quantitative estimate of drug-likeness (QED) is 0.603. The van der Waals surface area contributed by atoms with Gasteiger partial charge in [-0.3, -0.25) is 14.0 Å². The first-order valence-electron chi connectivity index (χ1n) is 9.96. The van der Waals surface area contributed by atoms with Crippen molar-refractivity contribution in [1.82, 2.24) is 20.0 Å². The van der Waals surface area contributed by atoms with Crippen molar-refractivity contribution in [3.8, 4) is 0 Å². The van der Waals surface area contributed by atoms with Gasteiger partial charge < -0.3 is 15.1 Å². The summed E-state index contributed by atoms with van der Waals surface area (Å²) < 4.78 is 6.87. The van der Waals surface area contributed by atoms with E-state index in [0.717, 1.165) is 19.3 Å². The molecule has 0 atom stereocenters. The topological polar surface area (TPSA) is 88.6 Å². The Balaban J connectivity index is 1.46. The van der Waals surface area contributed by atoms with E-state index in [1.807, 2.05) is 6.07 Å². The third-order valence-corrected chi connectivity index (χ3v) is 5.09. The van der Waals surface area contributed by atoms with E-state index in [4.69, 9.17) is 4.42 Å². The Morgan fingerprint density at radius 3 is 2.83 bits per heavy atom. The highest BCUT2D eigenvalue weighted by Crippen LogP contribution is 2.19. The van der Waals surface area contributed by atoms with Gasteiger partial charge in [-0.2, -0.15) is 0 Å². The van der Waals surface area contributed by atoms with Crippen molar-refractivity contribution >= 4 is 17.3 Å². The van der Waals surface area contributed by atoms with Gasteiger partial charge in [0.1, 0.15) is 5.76 Å². The SMILES string of the molecule is O=C(NCCC1=CCCCC1)c1nc(C(=O)NCc2ccco2)n2ccccc12. The van der Waals surface area contributed by atoms with E-state index in [1.54, 1.807) is 41.1 Å². The summed E-state index contributed by atoms with van der Waals surface area (Å²) in [7, 11) is 0. The first-order chi connectivity index (χ1) is 14.2. The molecule has 1 aliphatic carbocycles. The molecule has 0 bridgehead atoms. The van der Waals surface area contributed by atoms with Gasteiger partial charge in [-0.1, -0.05) is 17.7 Å². The van der Waals surface area contributed by atoms with Crippen molar-refractivity contribution in [3.05, 3.63) is 71.7 Å². The fourth-order valence-corrected chi connectivity index (χ4v) is 3.58. The van der Waals surface area contributed by atoms with Crippen molar-refractivity contribution in [3.63, 3.8) is 0 Å². The van der Waals surface area contributed by atoms with Gasteiger partial charge in [0.25, 0.3) is 11.8 Å². The molecule has 0 aromatic carbocycles. The molecule has 29 heavy (non-hydrogen) atoms. The molecule has 0 unspecified atom stereocenters. The maximum Gasteiger partial charge on any atom is 0.288 e. The van der Waals surface area contributed by atoms with E-state index in [-0.39, 0.29) is 29.9 Å². The lowest BCUT2D eigenvalue weighted by molar-refractivity contribution is 0.0937. The normalized spacial score (nSPS) is 13.9. The number of rotatable bonds is 7. The molecule has 3 aromatic heterocycles. The lowest BCUT2D eigenvalue weighted by Gasteiger charge is -2.12. The van der Waals surface area contributed by atoms with Crippen molar-refractivity contribution in [2.24, 2.45) is 0 Å². The van der Waals surface area contributed by atoms with E-state index in [2.05, 4.69) is 21.7 Å². The number of aromatic nitrogens is 2.